The van der Waals surface area contributed by atoms with E-state index < -0.39 is 0 Å². The van der Waals surface area contributed by atoms with Gasteiger partial charge in [0.05, 0.1) is 17.5 Å². The lowest BCUT2D eigenvalue weighted by Crippen LogP contribution is -2.14. The highest BCUT2D eigenvalue weighted by atomic mass is 16.2. The molecule has 2 aromatic carbocycles. The topological polar surface area (TPSA) is 66.9 Å². The van der Waals surface area contributed by atoms with E-state index in [1.165, 1.54) is 4.57 Å². The van der Waals surface area contributed by atoms with Gasteiger partial charge in [-0.1, -0.05) is 24.3 Å². The first-order valence-corrected chi connectivity index (χ1v) is 7.08. The van der Waals surface area contributed by atoms with Gasteiger partial charge in [-0.2, -0.15) is 0 Å². The van der Waals surface area contributed by atoms with Gasteiger partial charge in [-0.05, 0) is 36.2 Å². The maximum Gasteiger partial charge on any atom is 0.326 e. The van der Waals surface area contributed by atoms with E-state index >= 15 is 0 Å². The van der Waals surface area contributed by atoms with Gasteiger partial charge in [0.1, 0.15) is 0 Å². The van der Waals surface area contributed by atoms with Crippen LogP contribution in [-0.4, -0.2) is 15.5 Å². The van der Waals surface area contributed by atoms with Gasteiger partial charge < -0.3 is 10.3 Å². The summed E-state index contributed by atoms with van der Waals surface area (Å²) >= 11 is 0. The molecule has 22 heavy (non-hydrogen) atoms. The van der Waals surface area contributed by atoms with Crippen LogP contribution in [0.1, 0.15) is 11.1 Å². The average Bonchev–Trinajstić information content (AvgIpc) is 2.76. The Balaban J connectivity index is 1.79. The first-order chi connectivity index (χ1) is 10.5. The quantitative estimate of drug-likeness (QED) is 0.779. The molecular formula is C17H17N3O2. The molecule has 0 unspecified atom stereocenters. The number of amides is 1. The van der Waals surface area contributed by atoms with Crippen LogP contribution in [0.25, 0.3) is 11.0 Å². The summed E-state index contributed by atoms with van der Waals surface area (Å²) in [5, 5.41) is 2.87. The fraction of sp³-hybridized carbons (Fsp3) is 0.176. The van der Waals surface area contributed by atoms with Crippen LogP contribution in [0.15, 0.2) is 47.3 Å². The fourth-order valence-electron chi connectivity index (χ4n) is 2.50. The van der Waals surface area contributed by atoms with E-state index in [0.29, 0.717) is 17.6 Å². The van der Waals surface area contributed by atoms with Crippen molar-refractivity contribution in [2.75, 3.05) is 5.32 Å². The molecule has 5 heteroatoms. The molecule has 0 aliphatic carbocycles. The molecule has 3 aromatic rings. The summed E-state index contributed by atoms with van der Waals surface area (Å²) in [5.74, 6) is -0.0769. The molecule has 0 saturated heterocycles. The maximum atomic E-state index is 12.2. The van der Waals surface area contributed by atoms with Crippen molar-refractivity contribution in [1.29, 1.82) is 0 Å². The van der Waals surface area contributed by atoms with Gasteiger partial charge in [0, 0.05) is 12.7 Å². The Labute approximate surface area is 127 Å². The zero-order chi connectivity index (χ0) is 15.7. The lowest BCUT2D eigenvalue weighted by Gasteiger charge is -2.07. The van der Waals surface area contributed by atoms with E-state index in [2.05, 4.69) is 10.3 Å². The summed E-state index contributed by atoms with van der Waals surface area (Å²) in [6.45, 7) is 1.99. The second kappa shape index (κ2) is 5.52. The van der Waals surface area contributed by atoms with Crippen LogP contribution in [0.3, 0.4) is 0 Å². The zero-order valence-corrected chi connectivity index (χ0v) is 12.5. The minimum atomic E-state index is -0.168. The predicted octanol–water partition coefficient (Wildman–Crippen LogP) is 2.36. The van der Waals surface area contributed by atoms with Gasteiger partial charge in [-0.25, -0.2) is 4.79 Å². The number of hydrogen-bond donors (Lipinski definition) is 2. The highest BCUT2D eigenvalue weighted by molar-refractivity contribution is 5.94. The molecule has 0 spiro atoms. The summed E-state index contributed by atoms with van der Waals surface area (Å²) < 4.78 is 1.54. The van der Waals surface area contributed by atoms with Crippen molar-refractivity contribution < 1.29 is 4.79 Å². The number of aromatic nitrogens is 2. The molecule has 0 radical (unpaired) electrons. The monoisotopic (exact) mass is 295 g/mol. The number of nitrogens with zero attached hydrogens (tertiary/aromatic N) is 1. The number of rotatable bonds is 3. The van der Waals surface area contributed by atoms with Crippen molar-refractivity contribution in [2.45, 2.75) is 13.3 Å². The van der Waals surface area contributed by atoms with Gasteiger partial charge in [-0.3, -0.25) is 9.36 Å². The Hall–Kier alpha value is -2.82. The summed E-state index contributed by atoms with van der Waals surface area (Å²) in [6, 6.07) is 13.2. The molecule has 3 rings (SSSR count). The molecule has 0 saturated carbocycles. The van der Waals surface area contributed by atoms with Crippen molar-refractivity contribution in [1.82, 2.24) is 9.55 Å². The third kappa shape index (κ3) is 2.65. The lowest BCUT2D eigenvalue weighted by atomic mass is 10.1. The summed E-state index contributed by atoms with van der Waals surface area (Å²) in [4.78, 5) is 26.5. The first-order valence-electron chi connectivity index (χ1n) is 7.08. The van der Waals surface area contributed by atoms with E-state index in [4.69, 9.17) is 0 Å². The number of aryl methyl sites for hydroxylation is 2. The highest BCUT2D eigenvalue weighted by Crippen LogP contribution is 2.16. The van der Waals surface area contributed by atoms with E-state index in [1.807, 2.05) is 37.3 Å². The van der Waals surface area contributed by atoms with Crippen LogP contribution < -0.4 is 11.0 Å². The van der Waals surface area contributed by atoms with E-state index in [0.717, 1.165) is 16.6 Å². The van der Waals surface area contributed by atoms with Crippen molar-refractivity contribution in [2.24, 2.45) is 7.05 Å². The number of fused-ring (bicyclic) bond motifs is 1. The van der Waals surface area contributed by atoms with E-state index in [9.17, 15) is 9.59 Å². The van der Waals surface area contributed by atoms with E-state index in [1.54, 1.807) is 19.2 Å². The third-order valence-electron chi connectivity index (χ3n) is 3.80. The molecule has 0 aliphatic rings. The molecule has 0 fully saturated rings. The molecule has 1 heterocycles. The highest BCUT2D eigenvalue weighted by Gasteiger charge is 2.08. The largest absolute Gasteiger partial charge is 0.326 e. The summed E-state index contributed by atoms with van der Waals surface area (Å²) in [7, 11) is 1.71. The normalized spacial score (nSPS) is 10.8. The second-order valence-electron chi connectivity index (χ2n) is 5.37. The Bertz CT molecular complexity index is 906. The number of benzene rings is 2. The maximum absolute atomic E-state index is 12.2. The lowest BCUT2D eigenvalue weighted by molar-refractivity contribution is -0.115. The van der Waals surface area contributed by atoms with Crippen LogP contribution in [0.2, 0.25) is 0 Å². The molecule has 0 aliphatic heterocycles. The minimum absolute atomic E-state index is 0.0769. The molecule has 0 atom stereocenters. The average molecular weight is 295 g/mol. The number of anilines is 1. The van der Waals surface area contributed by atoms with Crippen molar-refractivity contribution in [3.63, 3.8) is 0 Å². The molecular weight excluding hydrogens is 278 g/mol. The SMILES string of the molecule is Cc1ccccc1CC(=O)Nc1ccc2c(c1)[nH]c(=O)n2C. The van der Waals surface area contributed by atoms with Gasteiger partial charge in [-0.15, -0.1) is 0 Å². The van der Waals surface area contributed by atoms with Crippen LogP contribution in [-0.2, 0) is 18.3 Å². The number of nitrogens with one attached hydrogen (secondary N) is 2. The van der Waals surface area contributed by atoms with Crippen LogP contribution in [0, 0.1) is 6.92 Å². The van der Waals surface area contributed by atoms with Crippen molar-refractivity contribution in [3.05, 3.63) is 64.1 Å². The second-order valence-corrected chi connectivity index (χ2v) is 5.37. The molecule has 2 N–H and O–H groups in total. The third-order valence-corrected chi connectivity index (χ3v) is 3.80. The van der Waals surface area contributed by atoms with Crippen LogP contribution >= 0.6 is 0 Å². The molecule has 5 nitrogen and oxygen atoms in total. The van der Waals surface area contributed by atoms with Crippen LogP contribution in [0.4, 0.5) is 5.69 Å². The van der Waals surface area contributed by atoms with Crippen molar-refractivity contribution >= 4 is 22.6 Å². The number of carbonyl (C=O) groups is 1. The Morgan fingerprint density at radius 2 is 2.00 bits per heavy atom. The number of imidazole rings is 1. The van der Waals surface area contributed by atoms with Gasteiger partial charge >= 0.3 is 5.69 Å². The smallest absolute Gasteiger partial charge is 0.326 e. The number of carbonyl (C=O) groups excluding carboxylic acids is 1. The summed E-state index contributed by atoms with van der Waals surface area (Å²) in [6.07, 6.45) is 0.329. The van der Waals surface area contributed by atoms with Gasteiger partial charge in [0.15, 0.2) is 0 Å². The Kier molecular flexibility index (Phi) is 3.55. The first kappa shape index (κ1) is 14.1. The Morgan fingerprint density at radius 3 is 2.77 bits per heavy atom. The van der Waals surface area contributed by atoms with E-state index in [-0.39, 0.29) is 11.6 Å². The fourth-order valence-corrected chi connectivity index (χ4v) is 2.50. The molecule has 0 bridgehead atoms. The number of aromatic amines is 1. The van der Waals surface area contributed by atoms with Gasteiger partial charge in [0.2, 0.25) is 5.91 Å². The van der Waals surface area contributed by atoms with Crippen molar-refractivity contribution in [3.8, 4) is 0 Å². The Morgan fingerprint density at radius 1 is 1.23 bits per heavy atom. The number of hydrogen-bond acceptors (Lipinski definition) is 2. The standard InChI is InChI=1S/C17H17N3O2/c1-11-5-3-4-6-12(11)9-16(21)18-13-7-8-15-14(10-13)19-17(22)20(15)2/h3-8,10H,9H2,1-2H3,(H,18,21)(H,19,22). The number of H-pyrrole nitrogens is 1. The molecule has 112 valence electrons. The predicted molar refractivity (Wildman–Crippen MR) is 87.1 cm³/mol. The summed E-state index contributed by atoms with van der Waals surface area (Å²) in [5.41, 5.74) is 4.13. The molecule has 1 aromatic heterocycles. The minimum Gasteiger partial charge on any atom is -0.326 e. The zero-order valence-electron chi connectivity index (χ0n) is 12.5. The van der Waals surface area contributed by atoms with Gasteiger partial charge in [0.25, 0.3) is 0 Å². The van der Waals surface area contributed by atoms with Crippen LogP contribution in [0.5, 0.6) is 0 Å². The molecule has 1 amide bonds.